The maximum absolute atomic E-state index is 11.9. The molecule has 1 aliphatic carbocycles. The number of nitrogens with one attached hydrogen (secondary N) is 1. The summed E-state index contributed by atoms with van der Waals surface area (Å²) >= 11 is 0. The van der Waals surface area contributed by atoms with Crippen molar-refractivity contribution < 1.29 is 9.59 Å². The van der Waals surface area contributed by atoms with E-state index in [1.54, 1.807) is 26.2 Å². The summed E-state index contributed by atoms with van der Waals surface area (Å²) in [6, 6.07) is 3.33. The van der Waals surface area contributed by atoms with E-state index in [0.717, 1.165) is 12.8 Å². The molecule has 0 saturated carbocycles. The molecule has 1 aromatic heterocycles. The van der Waals surface area contributed by atoms with Crippen LogP contribution in [0.2, 0.25) is 0 Å². The number of rotatable bonds is 4. The predicted octanol–water partition coefficient (Wildman–Crippen LogP) is 2.61. The molecule has 1 N–H and O–H groups in total. The fraction of sp³-hybridized carbons (Fsp3) is 0.438. The minimum absolute atomic E-state index is 0.0534. The predicted molar refractivity (Wildman–Crippen MR) is 82.1 cm³/mol. The smallest absolute Gasteiger partial charge is 0.254 e. The highest BCUT2D eigenvalue weighted by atomic mass is 16.2. The van der Waals surface area contributed by atoms with Crippen LogP contribution in [0, 0.1) is 0 Å². The molecule has 112 valence electrons. The van der Waals surface area contributed by atoms with Crippen molar-refractivity contribution in [2.75, 3.05) is 19.4 Å². The summed E-state index contributed by atoms with van der Waals surface area (Å²) in [6.45, 7) is 0. The van der Waals surface area contributed by atoms with Crippen LogP contribution in [-0.2, 0) is 4.79 Å². The summed E-state index contributed by atoms with van der Waals surface area (Å²) in [7, 11) is 3.38. The zero-order valence-corrected chi connectivity index (χ0v) is 12.6. The molecule has 0 aromatic carbocycles. The molecule has 0 unspecified atom stereocenters. The second kappa shape index (κ2) is 7.02. The first-order valence-corrected chi connectivity index (χ1v) is 7.22. The number of hydrogen-bond donors (Lipinski definition) is 1. The van der Waals surface area contributed by atoms with Crippen molar-refractivity contribution in [2.45, 2.75) is 32.1 Å². The molecular weight excluding hydrogens is 266 g/mol. The second-order valence-corrected chi connectivity index (χ2v) is 5.46. The van der Waals surface area contributed by atoms with Gasteiger partial charge in [-0.3, -0.25) is 9.59 Å². The maximum atomic E-state index is 11.9. The van der Waals surface area contributed by atoms with E-state index in [1.807, 2.05) is 0 Å². The van der Waals surface area contributed by atoms with Gasteiger partial charge in [0.25, 0.3) is 5.91 Å². The van der Waals surface area contributed by atoms with E-state index >= 15 is 0 Å². The van der Waals surface area contributed by atoms with Crippen LogP contribution in [0.15, 0.2) is 30.0 Å². The number of pyridine rings is 1. The second-order valence-electron chi connectivity index (χ2n) is 5.46. The molecule has 0 bridgehead atoms. The lowest BCUT2D eigenvalue weighted by Gasteiger charge is -2.13. The van der Waals surface area contributed by atoms with Crippen LogP contribution in [0.1, 0.15) is 42.5 Å². The fourth-order valence-electron chi connectivity index (χ4n) is 2.31. The van der Waals surface area contributed by atoms with Crippen LogP contribution in [0.5, 0.6) is 0 Å². The van der Waals surface area contributed by atoms with Crippen molar-refractivity contribution in [3.8, 4) is 0 Å². The van der Waals surface area contributed by atoms with Gasteiger partial charge in [0.15, 0.2) is 0 Å². The van der Waals surface area contributed by atoms with E-state index in [-0.39, 0.29) is 11.8 Å². The van der Waals surface area contributed by atoms with Crippen LogP contribution in [-0.4, -0.2) is 35.8 Å². The van der Waals surface area contributed by atoms with Gasteiger partial charge in [-0.25, -0.2) is 4.98 Å². The highest BCUT2D eigenvalue weighted by Gasteiger charge is 2.11. The molecule has 1 heterocycles. The van der Waals surface area contributed by atoms with E-state index in [9.17, 15) is 9.59 Å². The van der Waals surface area contributed by atoms with Crippen LogP contribution >= 0.6 is 0 Å². The van der Waals surface area contributed by atoms with Gasteiger partial charge >= 0.3 is 0 Å². The van der Waals surface area contributed by atoms with Crippen LogP contribution < -0.4 is 5.32 Å². The Morgan fingerprint density at radius 2 is 2.10 bits per heavy atom. The number of carbonyl (C=O) groups is 2. The summed E-state index contributed by atoms with van der Waals surface area (Å²) in [5, 5.41) is 2.77. The molecule has 5 heteroatoms. The Balaban J connectivity index is 1.92. The first-order chi connectivity index (χ1) is 10.1. The number of hydrogen-bond acceptors (Lipinski definition) is 3. The number of allylic oxidation sites excluding steroid dienone is 1. The van der Waals surface area contributed by atoms with Gasteiger partial charge in [-0.15, -0.1) is 0 Å². The average Bonchev–Trinajstić information content (AvgIpc) is 2.48. The van der Waals surface area contributed by atoms with Gasteiger partial charge in [0, 0.05) is 26.7 Å². The van der Waals surface area contributed by atoms with E-state index < -0.39 is 0 Å². The first-order valence-electron chi connectivity index (χ1n) is 7.22. The van der Waals surface area contributed by atoms with Crippen molar-refractivity contribution in [2.24, 2.45) is 0 Å². The SMILES string of the molecule is CN(C)C(=O)c1ccc(NC(=O)CC2=CCCCC2)nc1. The van der Waals surface area contributed by atoms with Gasteiger partial charge in [-0.2, -0.15) is 0 Å². The van der Waals surface area contributed by atoms with E-state index in [2.05, 4.69) is 16.4 Å². The van der Waals surface area contributed by atoms with Crippen LogP contribution in [0.4, 0.5) is 5.82 Å². The summed E-state index contributed by atoms with van der Waals surface area (Å²) in [5.41, 5.74) is 1.71. The third kappa shape index (κ3) is 4.41. The molecule has 0 spiro atoms. The number of aromatic nitrogens is 1. The minimum Gasteiger partial charge on any atom is -0.345 e. The van der Waals surface area contributed by atoms with Crippen molar-refractivity contribution in [3.63, 3.8) is 0 Å². The zero-order valence-electron chi connectivity index (χ0n) is 12.6. The topological polar surface area (TPSA) is 62.3 Å². The highest BCUT2D eigenvalue weighted by Crippen LogP contribution is 2.20. The van der Waals surface area contributed by atoms with E-state index in [0.29, 0.717) is 17.8 Å². The lowest BCUT2D eigenvalue weighted by Crippen LogP contribution is -2.22. The first kappa shape index (κ1) is 15.2. The van der Waals surface area contributed by atoms with Gasteiger partial charge in [-0.1, -0.05) is 11.6 Å². The number of anilines is 1. The Morgan fingerprint density at radius 1 is 1.29 bits per heavy atom. The quantitative estimate of drug-likeness (QED) is 0.866. The summed E-state index contributed by atoms with van der Waals surface area (Å²) in [6.07, 6.45) is 8.54. The Bertz CT molecular complexity index is 547. The van der Waals surface area contributed by atoms with Crippen LogP contribution in [0.3, 0.4) is 0 Å². The Hall–Kier alpha value is -2.17. The minimum atomic E-state index is -0.104. The molecule has 0 radical (unpaired) electrons. The Morgan fingerprint density at radius 3 is 2.67 bits per heavy atom. The zero-order chi connectivity index (χ0) is 15.2. The lowest BCUT2D eigenvalue weighted by molar-refractivity contribution is -0.115. The monoisotopic (exact) mass is 287 g/mol. The molecule has 5 nitrogen and oxygen atoms in total. The summed E-state index contributed by atoms with van der Waals surface area (Å²) < 4.78 is 0. The number of carbonyl (C=O) groups excluding carboxylic acids is 2. The number of amides is 2. The van der Waals surface area contributed by atoms with Gasteiger partial charge in [0.05, 0.1) is 5.56 Å². The molecular formula is C16H21N3O2. The standard InChI is InChI=1S/C16H21N3O2/c1-19(2)16(21)13-8-9-14(17-11-13)18-15(20)10-12-6-4-3-5-7-12/h6,8-9,11H,3-5,7,10H2,1-2H3,(H,17,18,20). The summed E-state index contributed by atoms with van der Waals surface area (Å²) in [5.74, 6) is 0.321. The summed E-state index contributed by atoms with van der Waals surface area (Å²) in [4.78, 5) is 29.3. The van der Waals surface area contributed by atoms with Gasteiger partial charge in [0.2, 0.25) is 5.91 Å². The highest BCUT2D eigenvalue weighted by molar-refractivity contribution is 5.95. The Kier molecular flexibility index (Phi) is 5.09. The third-order valence-electron chi connectivity index (χ3n) is 3.46. The largest absolute Gasteiger partial charge is 0.345 e. The normalized spacial score (nSPS) is 14.3. The maximum Gasteiger partial charge on any atom is 0.254 e. The van der Waals surface area contributed by atoms with Crippen molar-refractivity contribution in [1.29, 1.82) is 0 Å². The van der Waals surface area contributed by atoms with Gasteiger partial charge in [-0.05, 0) is 37.8 Å². The molecule has 2 rings (SSSR count). The van der Waals surface area contributed by atoms with Crippen molar-refractivity contribution in [1.82, 2.24) is 9.88 Å². The van der Waals surface area contributed by atoms with Gasteiger partial charge < -0.3 is 10.2 Å². The lowest BCUT2D eigenvalue weighted by atomic mass is 9.97. The van der Waals surface area contributed by atoms with Crippen LogP contribution in [0.25, 0.3) is 0 Å². The Labute approximate surface area is 125 Å². The molecule has 0 atom stereocenters. The van der Waals surface area contributed by atoms with Crippen molar-refractivity contribution >= 4 is 17.6 Å². The third-order valence-corrected chi connectivity index (χ3v) is 3.46. The molecule has 1 aliphatic rings. The molecule has 1 aromatic rings. The fourth-order valence-corrected chi connectivity index (χ4v) is 2.31. The average molecular weight is 287 g/mol. The van der Waals surface area contributed by atoms with Gasteiger partial charge in [0.1, 0.15) is 5.82 Å². The molecule has 21 heavy (non-hydrogen) atoms. The molecule has 2 amide bonds. The molecule has 0 aliphatic heterocycles. The molecule has 0 fully saturated rings. The van der Waals surface area contributed by atoms with Crippen molar-refractivity contribution in [3.05, 3.63) is 35.5 Å². The van der Waals surface area contributed by atoms with E-state index in [4.69, 9.17) is 0 Å². The number of nitrogens with zero attached hydrogens (tertiary/aromatic N) is 2. The van der Waals surface area contributed by atoms with E-state index in [1.165, 1.54) is 29.5 Å². The molecule has 0 saturated heterocycles.